The number of nitrogens with one attached hydrogen (secondary N) is 1. The summed E-state index contributed by atoms with van der Waals surface area (Å²) < 4.78 is 21.4. The van der Waals surface area contributed by atoms with E-state index in [1.807, 2.05) is 31.2 Å². The van der Waals surface area contributed by atoms with Crippen molar-refractivity contribution in [1.82, 2.24) is 5.32 Å². The molecule has 1 aliphatic heterocycles. The summed E-state index contributed by atoms with van der Waals surface area (Å²) in [4.78, 5) is 24.4. The van der Waals surface area contributed by atoms with Gasteiger partial charge in [0.2, 0.25) is 6.79 Å². The smallest absolute Gasteiger partial charge is 0.344 e. The van der Waals surface area contributed by atoms with E-state index in [1.54, 1.807) is 12.1 Å². The van der Waals surface area contributed by atoms with Crippen molar-refractivity contribution in [1.29, 1.82) is 0 Å². The summed E-state index contributed by atoms with van der Waals surface area (Å²) in [7, 11) is 0. The normalized spacial score (nSPS) is 13.1. The second-order valence-corrected chi connectivity index (χ2v) is 7.51. The third-order valence-electron chi connectivity index (χ3n) is 4.81. The minimum Gasteiger partial charge on any atom is -0.482 e. The molecule has 0 aliphatic carbocycles. The molecule has 0 unspecified atom stereocenters. The van der Waals surface area contributed by atoms with Gasteiger partial charge in [-0.2, -0.15) is 0 Å². The Kier molecular flexibility index (Phi) is 6.82. The molecule has 1 N–H and O–H groups in total. The molecule has 0 bridgehead atoms. The van der Waals surface area contributed by atoms with Crippen LogP contribution in [0.4, 0.5) is 0 Å². The van der Waals surface area contributed by atoms with Crippen molar-refractivity contribution in [2.24, 2.45) is 0 Å². The molecule has 160 valence electrons. The molecule has 7 heteroatoms. The lowest BCUT2D eigenvalue weighted by molar-refractivity contribution is -0.156. The third-order valence-corrected chi connectivity index (χ3v) is 4.81. The van der Waals surface area contributed by atoms with Crippen LogP contribution in [-0.2, 0) is 20.9 Å². The second kappa shape index (κ2) is 9.52. The first-order valence-corrected chi connectivity index (χ1v) is 9.92. The fourth-order valence-electron chi connectivity index (χ4n) is 2.94. The molecular formula is C23H27NO6. The van der Waals surface area contributed by atoms with E-state index in [0.717, 1.165) is 16.7 Å². The number of hydrogen-bond donors (Lipinski definition) is 1. The summed E-state index contributed by atoms with van der Waals surface area (Å²) in [6.45, 7) is 7.84. The number of benzene rings is 2. The second-order valence-electron chi connectivity index (χ2n) is 7.51. The highest BCUT2D eigenvalue weighted by Crippen LogP contribution is 2.32. The molecule has 2 aromatic rings. The van der Waals surface area contributed by atoms with E-state index in [2.05, 4.69) is 19.2 Å². The van der Waals surface area contributed by atoms with E-state index in [-0.39, 0.29) is 25.9 Å². The number of ether oxygens (including phenoxy) is 4. The van der Waals surface area contributed by atoms with Gasteiger partial charge in [0.05, 0.1) is 0 Å². The molecule has 0 saturated carbocycles. The number of aryl methyl sites for hydroxylation is 1. The molecule has 0 saturated heterocycles. The summed E-state index contributed by atoms with van der Waals surface area (Å²) in [5.74, 6) is 1.33. The highest BCUT2D eigenvalue weighted by Gasteiger charge is 2.19. The van der Waals surface area contributed by atoms with Crippen molar-refractivity contribution in [3.05, 3.63) is 53.1 Å². The monoisotopic (exact) mass is 413 g/mol. The average Bonchev–Trinajstić information content (AvgIpc) is 3.19. The van der Waals surface area contributed by atoms with Gasteiger partial charge in [-0.25, -0.2) is 4.79 Å². The van der Waals surface area contributed by atoms with Crippen LogP contribution in [0.5, 0.6) is 17.2 Å². The maximum atomic E-state index is 12.2. The van der Waals surface area contributed by atoms with Gasteiger partial charge in [-0.1, -0.05) is 32.0 Å². The summed E-state index contributed by atoms with van der Waals surface area (Å²) in [6, 6.07) is 11.4. The van der Waals surface area contributed by atoms with Gasteiger partial charge in [-0.15, -0.1) is 0 Å². The number of esters is 1. The third kappa shape index (κ3) is 5.43. The number of hydrogen-bond acceptors (Lipinski definition) is 6. The lowest BCUT2D eigenvalue weighted by Crippen LogP contribution is -2.36. The van der Waals surface area contributed by atoms with Crippen LogP contribution in [0.15, 0.2) is 36.4 Å². The van der Waals surface area contributed by atoms with Crippen LogP contribution in [0.3, 0.4) is 0 Å². The number of rotatable bonds is 8. The van der Waals surface area contributed by atoms with Crippen LogP contribution >= 0.6 is 0 Å². The molecule has 0 radical (unpaired) electrons. The topological polar surface area (TPSA) is 83.1 Å². The molecule has 1 amide bonds. The van der Waals surface area contributed by atoms with Crippen LogP contribution in [0.2, 0.25) is 0 Å². The van der Waals surface area contributed by atoms with Gasteiger partial charge in [-0.3, -0.25) is 4.79 Å². The molecule has 7 nitrogen and oxygen atoms in total. The Balaban J connectivity index is 1.45. The number of carbonyl (C=O) groups is 2. The zero-order valence-electron chi connectivity index (χ0n) is 17.7. The number of fused-ring (bicyclic) bond motifs is 1. The predicted octanol–water partition coefficient (Wildman–Crippen LogP) is 3.47. The standard InChI is InChI=1S/C23H27NO6/c1-14(2)18-7-5-15(3)20(10-18)27-12-22(25)30-16(4)23(26)24-11-17-6-8-19-21(9-17)29-13-28-19/h5-10,14,16H,11-13H2,1-4H3,(H,24,26)/t16-/m0/s1. The van der Waals surface area contributed by atoms with E-state index in [1.165, 1.54) is 6.92 Å². The summed E-state index contributed by atoms with van der Waals surface area (Å²) in [5.41, 5.74) is 2.91. The minimum atomic E-state index is -0.932. The summed E-state index contributed by atoms with van der Waals surface area (Å²) in [6.07, 6.45) is -0.932. The van der Waals surface area contributed by atoms with Crippen molar-refractivity contribution >= 4 is 11.9 Å². The molecule has 0 fully saturated rings. The first kappa shape index (κ1) is 21.5. The molecule has 1 heterocycles. The highest BCUT2D eigenvalue weighted by molar-refractivity contribution is 5.83. The lowest BCUT2D eigenvalue weighted by Gasteiger charge is -2.15. The molecule has 3 rings (SSSR count). The molecule has 2 aromatic carbocycles. The van der Waals surface area contributed by atoms with Crippen molar-refractivity contribution in [2.75, 3.05) is 13.4 Å². The van der Waals surface area contributed by atoms with Gasteiger partial charge in [0.15, 0.2) is 24.2 Å². The lowest BCUT2D eigenvalue weighted by atomic mass is 10.0. The van der Waals surface area contributed by atoms with Gasteiger partial charge in [0, 0.05) is 6.54 Å². The highest BCUT2D eigenvalue weighted by atomic mass is 16.7. The quantitative estimate of drug-likeness (QED) is 0.667. The Labute approximate surface area is 176 Å². The summed E-state index contributed by atoms with van der Waals surface area (Å²) >= 11 is 0. The van der Waals surface area contributed by atoms with E-state index in [9.17, 15) is 9.59 Å². The molecule has 1 aliphatic rings. The van der Waals surface area contributed by atoms with Crippen molar-refractivity contribution in [2.45, 2.75) is 46.3 Å². The maximum absolute atomic E-state index is 12.2. The molecular weight excluding hydrogens is 386 g/mol. The Hall–Kier alpha value is -3.22. The minimum absolute atomic E-state index is 0.196. The Bertz CT molecular complexity index is 924. The SMILES string of the molecule is Cc1ccc(C(C)C)cc1OCC(=O)O[C@@H](C)C(=O)NCc1ccc2c(c1)OCO2. The van der Waals surface area contributed by atoms with Crippen LogP contribution in [0.25, 0.3) is 0 Å². The molecule has 0 spiro atoms. The largest absolute Gasteiger partial charge is 0.482 e. The molecule has 30 heavy (non-hydrogen) atoms. The molecule has 0 aromatic heterocycles. The van der Waals surface area contributed by atoms with E-state index >= 15 is 0 Å². The zero-order valence-corrected chi connectivity index (χ0v) is 17.7. The van der Waals surface area contributed by atoms with Crippen LogP contribution in [-0.4, -0.2) is 31.4 Å². The van der Waals surface area contributed by atoms with Gasteiger partial charge >= 0.3 is 5.97 Å². The van der Waals surface area contributed by atoms with Gasteiger partial charge in [0.1, 0.15) is 5.75 Å². The fourth-order valence-corrected chi connectivity index (χ4v) is 2.94. The van der Waals surface area contributed by atoms with Gasteiger partial charge in [0.25, 0.3) is 5.91 Å². The fraction of sp³-hybridized carbons (Fsp3) is 0.391. The van der Waals surface area contributed by atoms with Crippen LogP contribution in [0, 0.1) is 6.92 Å². The first-order valence-electron chi connectivity index (χ1n) is 9.92. The van der Waals surface area contributed by atoms with Crippen molar-refractivity contribution in [3.8, 4) is 17.2 Å². The number of amides is 1. The Morgan fingerprint density at radius 1 is 1.07 bits per heavy atom. The van der Waals surface area contributed by atoms with Gasteiger partial charge < -0.3 is 24.3 Å². The van der Waals surface area contributed by atoms with Crippen molar-refractivity contribution in [3.63, 3.8) is 0 Å². The zero-order chi connectivity index (χ0) is 21.7. The first-order chi connectivity index (χ1) is 14.3. The Morgan fingerprint density at radius 3 is 2.60 bits per heavy atom. The molecule has 1 atom stereocenters. The van der Waals surface area contributed by atoms with Crippen LogP contribution < -0.4 is 19.5 Å². The Morgan fingerprint density at radius 2 is 1.83 bits per heavy atom. The van der Waals surface area contributed by atoms with E-state index < -0.39 is 12.1 Å². The van der Waals surface area contributed by atoms with E-state index in [0.29, 0.717) is 23.2 Å². The number of carbonyl (C=O) groups excluding carboxylic acids is 2. The van der Waals surface area contributed by atoms with Gasteiger partial charge in [-0.05, 0) is 54.7 Å². The van der Waals surface area contributed by atoms with Crippen LogP contribution in [0.1, 0.15) is 43.4 Å². The van der Waals surface area contributed by atoms with E-state index in [4.69, 9.17) is 18.9 Å². The average molecular weight is 413 g/mol. The summed E-state index contributed by atoms with van der Waals surface area (Å²) in [5, 5.41) is 2.74. The van der Waals surface area contributed by atoms with Crippen molar-refractivity contribution < 1.29 is 28.5 Å². The predicted molar refractivity (Wildman–Crippen MR) is 111 cm³/mol. The maximum Gasteiger partial charge on any atom is 0.344 e.